The molecule has 0 aliphatic heterocycles. The molecule has 1 unspecified atom stereocenters. The Morgan fingerprint density at radius 2 is 2.10 bits per heavy atom. The molecule has 0 aliphatic carbocycles. The molecule has 1 aromatic heterocycles. The van der Waals surface area contributed by atoms with Gasteiger partial charge in [-0.1, -0.05) is 37.6 Å². The molecule has 0 saturated carbocycles. The zero-order chi connectivity index (χ0) is 15.4. The van der Waals surface area contributed by atoms with Crippen molar-refractivity contribution >= 4 is 11.6 Å². The Hall–Kier alpha value is -1.32. The minimum atomic E-state index is 0.264. The van der Waals surface area contributed by atoms with Gasteiger partial charge in [-0.15, -0.1) is 0 Å². The minimum Gasteiger partial charge on any atom is -0.310 e. The molecule has 0 radical (unpaired) electrons. The van der Waals surface area contributed by atoms with Gasteiger partial charge < -0.3 is 5.32 Å². The highest BCUT2D eigenvalue weighted by Crippen LogP contribution is 2.30. The molecule has 0 saturated heterocycles. The van der Waals surface area contributed by atoms with E-state index in [1.54, 1.807) is 0 Å². The number of aryl methyl sites for hydroxylation is 1. The number of hydrogen-bond acceptors (Lipinski definition) is 2. The maximum absolute atomic E-state index is 6.46. The molecule has 0 bridgehead atoms. The van der Waals surface area contributed by atoms with Crippen LogP contribution in [0.15, 0.2) is 24.4 Å². The lowest BCUT2D eigenvalue weighted by atomic mass is 10.0. The van der Waals surface area contributed by atoms with Crippen molar-refractivity contribution in [2.24, 2.45) is 0 Å². The van der Waals surface area contributed by atoms with Crippen molar-refractivity contribution in [1.29, 1.82) is 0 Å². The summed E-state index contributed by atoms with van der Waals surface area (Å²) < 4.78 is 2.05. The van der Waals surface area contributed by atoms with Gasteiger partial charge in [-0.2, -0.15) is 5.10 Å². The zero-order valence-electron chi connectivity index (χ0n) is 13.3. The highest BCUT2D eigenvalue weighted by molar-refractivity contribution is 6.31. The molecule has 1 heterocycles. The number of halogens is 1. The van der Waals surface area contributed by atoms with Crippen molar-refractivity contribution in [3.63, 3.8) is 0 Å². The van der Waals surface area contributed by atoms with Crippen molar-refractivity contribution in [2.75, 3.05) is 6.54 Å². The van der Waals surface area contributed by atoms with E-state index in [-0.39, 0.29) is 6.04 Å². The molecule has 0 spiro atoms. The van der Waals surface area contributed by atoms with Crippen LogP contribution in [0.2, 0.25) is 5.02 Å². The molecule has 0 aliphatic rings. The number of nitrogens with one attached hydrogen (secondary N) is 1. The lowest BCUT2D eigenvalue weighted by Gasteiger charge is -2.15. The van der Waals surface area contributed by atoms with Crippen LogP contribution in [0, 0.1) is 6.92 Å². The maximum Gasteiger partial charge on any atom is 0.0571 e. The Balaban J connectivity index is 2.32. The highest BCUT2D eigenvalue weighted by atomic mass is 35.5. The highest BCUT2D eigenvalue weighted by Gasteiger charge is 2.12. The fourth-order valence-electron chi connectivity index (χ4n) is 2.63. The molecule has 4 heteroatoms. The molecule has 0 fully saturated rings. The third-order valence-corrected chi connectivity index (χ3v) is 4.15. The third-order valence-electron chi connectivity index (χ3n) is 3.83. The monoisotopic (exact) mass is 305 g/mol. The Morgan fingerprint density at radius 1 is 1.33 bits per heavy atom. The first-order chi connectivity index (χ1) is 10.1. The topological polar surface area (TPSA) is 29.9 Å². The SMILES string of the molecule is CCCn1ncc(-c2ccc(C(C)NCC)c(Cl)c2)c1C. The summed E-state index contributed by atoms with van der Waals surface area (Å²) in [5, 5.41) is 8.66. The molecule has 1 aromatic carbocycles. The Bertz CT molecular complexity index is 604. The van der Waals surface area contributed by atoms with Gasteiger partial charge in [0.2, 0.25) is 0 Å². The van der Waals surface area contributed by atoms with Crippen LogP contribution in [0.3, 0.4) is 0 Å². The van der Waals surface area contributed by atoms with Crippen molar-refractivity contribution in [3.8, 4) is 11.1 Å². The van der Waals surface area contributed by atoms with Crippen LogP contribution in [0.4, 0.5) is 0 Å². The molecule has 2 rings (SSSR count). The zero-order valence-corrected chi connectivity index (χ0v) is 14.0. The second-order valence-corrected chi connectivity index (χ2v) is 5.79. The van der Waals surface area contributed by atoms with Crippen LogP contribution in [0.5, 0.6) is 0 Å². The smallest absolute Gasteiger partial charge is 0.0571 e. The number of nitrogens with zero attached hydrogens (tertiary/aromatic N) is 2. The van der Waals surface area contributed by atoms with Gasteiger partial charge >= 0.3 is 0 Å². The molecular formula is C17H24ClN3. The van der Waals surface area contributed by atoms with Gasteiger partial charge in [-0.25, -0.2) is 0 Å². The molecular weight excluding hydrogens is 282 g/mol. The van der Waals surface area contributed by atoms with E-state index in [0.29, 0.717) is 0 Å². The summed E-state index contributed by atoms with van der Waals surface area (Å²) in [6, 6.07) is 6.56. The Kier molecular flexibility index (Phi) is 5.43. The van der Waals surface area contributed by atoms with E-state index in [1.807, 2.05) is 12.3 Å². The second-order valence-electron chi connectivity index (χ2n) is 5.38. The number of hydrogen-bond donors (Lipinski definition) is 1. The van der Waals surface area contributed by atoms with Crippen molar-refractivity contribution in [3.05, 3.63) is 40.7 Å². The summed E-state index contributed by atoms with van der Waals surface area (Å²) in [7, 11) is 0. The maximum atomic E-state index is 6.46. The fraction of sp³-hybridized carbons (Fsp3) is 0.471. The second kappa shape index (κ2) is 7.10. The Labute approximate surface area is 132 Å². The largest absolute Gasteiger partial charge is 0.310 e. The van der Waals surface area contributed by atoms with Gasteiger partial charge in [0.1, 0.15) is 0 Å². The lowest BCUT2D eigenvalue weighted by molar-refractivity contribution is 0.587. The molecule has 1 atom stereocenters. The molecule has 0 amide bonds. The van der Waals surface area contributed by atoms with Crippen molar-refractivity contribution < 1.29 is 0 Å². The van der Waals surface area contributed by atoms with Crippen LogP contribution >= 0.6 is 11.6 Å². The molecule has 114 valence electrons. The summed E-state index contributed by atoms with van der Waals surface area (Å²) in [4.78, 5) is 0. The minimum absolute atomic E-state index is 0.264. The summed E-state index contributed by atoms with van der Waals surface area (Å²) >= 11 is 6.46. The average molecular weight is 306 g/mol. The average Bonchev–Trinajstić information content (AvgIpc) is 2.81. The van der Waals surface area contributed by atoms with Crippen molar-refractivity contribution in [1.82, 2.24) is 15.1 Å². The van der Waals surface area contributed by atoms with Gasteiger partial charge in [0.05, 0.1) is 6.20 Å². The van der Waals surface area contributed by atoms with Crippen LogP contribution in [0.25, 0.3) is 11.1 Å². The standard InChI is InChI=1S/C17H24ClN3/c1-5-9-21-13(4)16(11-20-21)14-7-8-15(17(18)10-14)12(3)19-6-2/h7-8,10-12,19H,5-6,9H2,1-4H3. The van der Waals surface area contributed by atoms with Gasteiger partial charge in [-0.3, -0.25) is 4.68 Å². The first kappa shape index (κ1) is 16.1. The van der Waals surface area contributed by atoms with Gasteiger partial charge in [0.15, 0.2) is 0 Å². The first-order valence-electron chi connectivity index (χ1n) is 7.64. The third kappa shape index (κ3) is 3.47. The first-order valence-corrected chi connectivity index (χ1v) is 8.01. The number of aromatic nitrogens is 2. The lowest BCUT2D eigenvalue weighted by Crippen LogP contribution is -2.17. The van der Waals surface area contributed by atoms with Gasteiger partial charge in [-0.05, 0) is 44.0 Å². The van der Waals surface area contributed by atoms with E-state index < -0.39 is 0 Å². The summed E-state index contributed by atoms with van der Waals surface area (Å²) in [6.07, 6.45) is 3.02. The fourth-order valence-corrected chi connectivity index (χ4v) is 2.97. The van der Waals surface area contributed by atoms with Crippen LogP contribution < -0.4 is 5.32 Å². The summed E-state index contributed by atoms with van der Waals surface area (Å²) in [6.45, 7) is 10.4. The molecule has 3 nitrogen and oxygen atoms in total. The number of benzene rings is 1. The predicted molar refractivity (Wildman–Crippen MR) is 89.8 cm³/mol. The van der Waals surface area contributed by atoms with Crippen molar-refractivity contribution in [2.45, 2.75) is 46.7 Å². The van der Waals surface area contributed by atoms with Gasteiger partial charge in [0.25, 0.3) is 0 Å². The Morgan fingerprint density at radius 3 is 2.71 bits per heavy atom. The molecule has 21 heavy (non-hydrogen) atoms. The summed E-state index contributed by atoms with van der Waals surface area (Å²) in [5.74, 6) is 0. The normalized spacial score (nSPS) is 12.6. The van der Waals surface area contributed by atoms with Crippen LogP contribution in [-0.2, 0) is 6.54 Å². The number of rotatable bonds is 6. The molecule has 2 aromatic rings. The van der Waals surface area contributed by atoms with Gasteiger partial charge in [0, 0.05) is 28.9 Å². The van der Waals surface area contributed by atoms with E-state index in [0.717, 1.165) is 41.2 Å². The quantitative estimate of drug-likeness (QED) is 0.845. The van der Waals surface area contributed by atoms with Crippen LogP contribution in [-0.4, -0.2) is 16.3 Å². The summed E-state index contributed by atoms with van der Waals surface area (Å²) in [5.41, 5.74) is 4.63. The van der Waals surface area contributed by atoms with E-state index >= 15 is 0 Å². The molecule has 1 N–H and O–H groups in total. The predicted octanol–water partition coefficient (Wildman–Crippen LogP) is 4.59. The van der Waals surface area contributed by atoms with E-state index in [1.165, 1.54) is 5.69 Å². The van der Waals surface area contributed by atoms with E-state index in [4.69, 9.17) is 11.6 Å². The van der Waals surface area contributed by atoms with E-state index in [9.17, 15) is 0 Å². The van der Waals surface area contributed by atoms with E-state index in [2.05, 4.69) is 54.9 Å². The van der Waals surface area contributed by atoms with Crippen LogP contribution in [0.1, 0.15) is 44.5 Å².